The van der Waals surface area contributed by atoms with Crippen molar-refractivity contribution in [2.75, 3.05) is 65.4 Å². The van der Waals surface area contributed by atoms with Crippen LogP contribution in [-0.4, -0.2) is 146 Å². The highest BCUT2D eigenvalue weighted by molar-refractivity contribution is 5.90. The van der Waals surface area contributed by atoms with E-state index in [2.05, 4.69) is 31.9 Å². The third-order valence-electron chi connectivity index (χ3n) is 11.0. The van der Waals surface area contributed by atoms with Crippen LogP contribution >= 0.6 is 0 Å². The van der Waals surface area contributed by atoms with Gasteiger partial charge in [-0.1, -0.05) is 53.4 Å². The molecule has 0 fully saturated rings. The largest absolute Gasteiger partial charge is 0.369 e. The second-order valence-electron chi connectivity index (χ2n) is 17.6. The Morgan fingerprint density at radius 2 is 0.557 bits per heavy atom. The molecule has 0 radical (unpaired) electrons. The molecule has 0 spiro atoms. The SMILES string of the molecule is CC(=O)NCCC(=O)N(CC(=O)NCCCCC(C)C(N)=O)CC(=O)NCCCCC(C)C(N)=O.CC(=O)NCCC(=O)N(CC(=O)NCCCCC(C)C(N)=O)CC(=O)NCCCCC(C)C(N)=O. The Labute approximate surface area is 412 Å². The number of nitrogens with two attached hydrogens (primary N) is 4. The number of rotatable bonds is 38. The van der Waals surface area contributed by atoms with Gasteiger partial charge in [-0.2, -0.15) is 0 Å². The van der Waals surface area contributed by atoms with E-state index in [9.17, 15) is 57.5 Å². The van der Waals surface area contributed by atoms with Crippen molar-refractivity contribution in [1.29, 1.82) is 0 Å². The number of nitrogens with one attached hydrogen (secondary N) is 6. The van der Waals surface area contributed by atoms with Gasteiger partial charge in [0, 0.05) is 89.6 Å². The summed E-state index contributed by atoms with van der Waals surface area (Å²) >= 11 is 0. The second-order valence-corrected chi connectivity index (χ2v) is 17.6. The van der Waals surface area contributed by atoms with Gasteiger partial charge < -0.3 is 64.6 Å². The Morgan fingerprint density at radius 1 is 0.343 bits per heavy atom. The maximum atomic E-state index is 12.6. The van der Waals surface area contributed by atoms with Crippen LogP contribution in [0.5, 0.6) is 0 Å². The minimum absolute atomic E-state index is 0.0455. The molecule has 70 heavy (non-hydrogen) atoms. The van der Waals surface area contributed by atoms with Crippen LogP contribution in [0.1, 0.15) is 131 Å². The van der Waals surface area contributed by atoms with E-state index in [1.807, 2.05) is 0 Å². The molecule has 12 amide bonds. The first-order valence-electron chi connectivity index (χ1n) is 24.2. The zero-order chi connectivity index (χ0) is 53.6. The Kier molecular flexibility index (Phi) is 37.1. The van der Waals surface area contributed by atoms with E-state index < -0.39 is 35.4 Å². The molecule has 0 saturated carbocycles. The predicted octanol–water partition coefficient (Wildman–Crippen LogP) is -1.69. The van der Waals surface area contributed by atoms with E-state index in [1.165, 1.54) is 13.8 Å². The fraction of sp³-hybridized carbons (Fsp3) is 0.739. The molecular formula is C46H84N12O12. The summed E-state index contributed by atoms with van der Waals surface area (Å²) in [5.41, 5.74) is 20.9. The van der Waals surface area contributed by atoms with Crippen LogP contribution in [0.4, 0.5) is 0 Å². The number of nitrogens with zero attached hydrogens (tertiary/aromatic N) is 2. The number of unbranched alkanes of at least 4 members (excludes halogenated alkanes) is 4. The van der Waals surface area contributed by atoms with Crippen LogP contribution in [0, 0.1) is 23.7 Å². The topological polar surface area (TPSA) is 388 Å². The van der Waals surface area contributed by atoms with Gasteiger partial charge >= 0.3 is 0 Å². The zero-order valence-electron chi connectivity index (χ0n) is 42.4. The number of primary amides is 4. The molecule has 4 unspecified atom stereocenters. The summed E-state index contributed by atoms with van der Waals surface area (Å²) in [6, 6.07) is 0. The molecule has 0 aromatic carbocycles. The fourth-order valence-electron chi connectivity index (χ4n) is 6.17. The lowest BCUT2D eigenvalue weighted by atomic mass is 10.0. The Morgan fingerprint density at radius 3 is 0.743 bits per heavy atom. The van der Waals surface area contributed by atoms with Crippen molar-refractivity contribution in [2.24, 2.45) is 46.6 Å². The number of carbonyl (C=O) groups excluding carboxylic acids is 12. The highest BCUT2D eigenvalue weighted by atomic mass is 16.2. The molecular weight excluding hydrogens is 913 g/mol. The van der Waals surface area contributed by atoms with Crippen molar-refractivity contribution in [3.8, 4) is 0 Å². The van der Waals surface area contributed by atoms with Gasteiger partial charge in [0.05, 0.1) is 0 Å². The van der Waals surface area contributed by atoms with Gasteiger partial charge in [-0.3, -0.25) is 57.5 Å². The van der Waals surface area contributed by atoms with Gasteiger partial charge in [-0.15, -0.1) is 0 Å². The molecule has 0 aromatic heterocycles. The van der Waals surface area contributed by atoms with E-state index in [-0.39, 0.29) is 111 Å². The van der Waals surface area contributed by atoms with Gasteiger partial charge in [0.25, 0.3) is 0 Å². The molecule has 0 aliphatic heterocycles. The van der Waals surface area contributed by atoms with Gasteiger partial charge in [0.15, 0.2) is 0 Å². The molecule has 24 heteroatoms. The number of carbonyl (C=O) groups is 12. The normalized spacial score (nSPS) is 12.2. The molecule has 0 heterocycles. The lowest BCUT2D eigenvalue weighted by molar-refractivity contribution is -0.139. The number of hydrogen-bond acceptors (Lipinski definition) is 12. The summed E-state index contributed by atoms with van der Waals surface area (Å²) in [6.45, 7) is 10.2. The third-order valence-corrected chi connectivity index (χ3v) is 11.0. The number of hydrogen-bond donors (Lipinski definition) is 10. The van der Waals surface area contributed by atoms with Crippen molar-refractivity contribution >= 4 is 70.9 Å². The maximum Gasteiger partial charge on any atom is 0.239 e. The van der Waals surface area contributed by atoms with Crippen LogP contribution in [0.2, 0.25) is 0 Å². The lowest BCUT2D eigenvalue weighted by Crippen LogP contribution is -2.46. The summed E-state index contributed by atoms with van der Waals surface area (Å²) in [5, 5.41) is 15.9. The standard InChI is InChI=1S/2C23H42N6O6/c2*1-16(22(24)34)8-4-6-11-27-19(31)14-29(21(33)10-13-26-18(3)30)15-20(32)28-12-7-5-9-17(2)23(25)35/h2*16-17H,4-15H2,1-3H3,(H2,24,34)(H2,25,35)(H,26,30)(H,27,31)(H,28,32). The lowest BCUT2D eigenvalue weighted by Gasteiger charge is -2.22. The van der Waals surface area contributed by atoms with Crippen molar-refractivity contribution < 1.29 is 57.5 Å². The average molecular weight is 997 g/mol. The van der Waals surface area contributed by atoms with E-state index in [4.69, 9.17) is 22.9 Å². The summed E-state index contributed by atoms with van der Waals surface area (Å²) < 4.78 is 0. The first kappa shape index (κ1) is 65.7. The first-order valence-corrected chi connectivity index (χ1v) is 24.2. The minimum atomic E-state index is -0.436. The molecule has 400 valence electrons. The molecule has 0 bridgehead atoms. The molecule has 0 aliphatic carbocycles. The van der Waals surface area contributed by atoms with Crippen LogP contribution in [0.25, 0.3) is 0 Å². The fourth-order valence-corrected chi connectivity index (χ4v) is 6.17. The van der Waals surface area contributed by atoms with Crippen molar-refractivity contribution in [3.05, 3.63) is 0 Å². The second kappa shape index (κ2) is 39.5. The zero-order valence-corrected chi connectivity index (χ0v) is 42.4. The molecule has 0 aliphatic rings. The first-order chi connectivity index (χ1) is 32.9. The van der Waals surface area contributed by atoms with Gasteiger partial charge in [0.1, 0.15) is 26.2 Å². The summed E-state index contributed by atoms with van der Waals surface area (Å²) in [7, 11) is 0. The number of amides is 12. The average Bonchev–Trinajstić information content (AvgIpc) is 3.27. The van der Waals surface area contributed by atoms with Crippen LogP contribution in [0.15, 0.2) is 0 Å². The van der Waals surface area contributed by atoms with Crippen LogP contribution in [0.3, 0.4) is 0 Å². The Balaban J connectivity index is 0. The van der Waals surface area contributed by atoms with Crippen molar-refractivity contribution in [1.82, 2.24) is 41.7 Å². The summed E-state index contributed by atoms with van der Waals surface area (Å²) in [5.74, 6) is -5.42. The maximum absolute atomic E-state index is 12.6. The van der Waals surface area contributed by atoms with E-state index in [1.54, 1.807) is 27.7 Å². The quantitative estimate of drug-likeness (QED) is 0.0310. The smallest absolute Gasteiger partial charge is 0.239 e. The molecule has 0 rings (SSSR count). The van der Waals surface area contributed by atoms with E-state index in [0.29, 0.717) is 103 Å². The van der Waals surface area contributed by atoms with Crippen molar-refractivity contribution in [2.45, 2.75) is 131 Å². The van der Waals surface area contributed by atoms with Crippen molar-refractivity contribution in [3.63, 3.8) is 0 Å². The monoisotopic (exact) mass is 997 g/mol. The van der Waals surface area contributed by atoms with Gasteiger partial charge in [-0.05, 0) is 51.4 Å². The van der Waals surface area contributed by atoms with Gasteiger partial charge in [-0.25, -0.2) is 0 Å². The predicted molar refractivity (Wildman–Crippen MR) is 261 cm³/mol. The van der Waals surface area contributed by atoms with Crippen LogP contribution < -0.4 is 54.8 Å². The molecule has 0 aromatic rings. The third kappa shape index (κ3) is 37.6. The minimum Gasteiger partial charge on any atom is -0.369 e. The summed E-state index contributed by atoms with van der Waals surface area (Å²) in [4.78, 5) is 143. The van der Waals surface area contributed by atoms with E-state index in [0.717, 1.165) is 9.80 Å². The highest BCUT2D eigenvalue weighted by Gasteiger charge is 2.22. The highest BCUT2D eigenvalue weighted by Crippen LogP contribution is 2.09. The Bertz CT molecular complexity index is 1490. The molecule has 24 nitrogen and oxygen atoms in total. The molecule has 4 atom stereocenters. The van der Waals surface area contributed by atoms with Gasteiger partial charge in [0.2, 0.25) is 70.9 Å². The van der Waals surface area contributed by atoms with Crippen LogP contribution in [-0.2, 0) is 57.5 Å². The molecule has 0 saturated heterocycles. The molecule has 14 N–H and O–H groups in total. The van der Waals surface area contributed by atoms with E-state index >= 15 is 0 Å². The summed E-state index contributed by atoms with van der Waals surface area (Å²) in [6.07, 6.45) is 7.85. The Hall–Kier alpha value is -6.36.